The molecule has 5 atom stereocenters. The lowest BCUT2D eigenvalue weighted by Crippen LogP contribution is -2.77. The van der Waals surface area contributed by atoms with E-state index in [1.807, 2.05) is 12.1 Å². The van der Waals surface area contributed by atoms with Crippen molar-refractivity contribution in [3.05, 3.63) is 29.3 Å². The quantitative estimate of drug-likeness (QED) is 0.244. The lowest BCUT2D eigenvalue weighted by atomic mass is 9.78. The number of aliphatic hydroxyl groups is 1. The highest BCUT2D eigenvalue weighted by Gasteiger charge is 2.74. The van der Waals surface area contributed by atoms with Crippen LogP contribution >= 0.6 is 0 Å². The number of para-hydroxylation sites is 1. The standard InChI is InChI=1S/C25H36N8O6/c1-23(2)8-9-39-18-13(6-5-7-14(18)23)20(35)30-16-11-32-21(26)29-15(10-28-17(34)12-38-4)19-25(32,24(16,3)36)33(37)22(27)31-19/h5-7,15-16,19,36-37H,8-12H2,1-4H3,(H2,26,29)(H2,27,31)(H,28,34)(H,30,35)/t15?,16?,19?,24-,25?/m0/s1. The highest BCUT2D eigenvalue weighted by molar-refractivity contribution is 5.98. The number of nitrogens with two attached hydrogens (primary N) is 2. The molecule has 0 bridgehead atoms. The van der Waals surface area contributed by atoms with Crippen molar-refractivity contribution in [3.63, 3.8) is 0 Å². The Morgan fingerprint density at radius 3 is 2.69 bits per heavy atom. The number of hydrogen-bond acceptors (Lipinski definition) is 12. The summed E-state index contributed by atoms with van der Waals surface area (Å²) >= 11 is 0. The number of carbonyl (C=O) groups excluding carboxylic acids is 2. The van der Waals surface area contributed by atoms with Crippen molar-refractivity contribution < 1.29 is 29.4 Å². The summed E-state index contributed by atoms with van der Waals surface area (Å²) in [6.07, 6.45) is 0.820. The highest BCUT2D eigenvalue weighted by Crippen LogP contribution is 2.50. The zero-order valence-corrected chi connectivity index (χ0v) is 22.5. The monoisotopic (exact) mass is 544 g/mol. The number of ether oxygens (including phenoxy) is 2. The van der Waals surface area contributed by atoms with Gasteiger partial charge in [-0.15, -0.1) is 0 Å². The van der Waals surface area contributed by atoms with Gasteiger partial charge in [0.15, 0.2) is 11.6 Å². The highest BCUT2D eigenvalue weighted by atomic mass is 16.5. The molecule has 1 spiro atoms. The third-order valence-corrected chi connectivity index (χ3v) is 8.41. The summed E-state index contributed by atoms with van der Waals surface area (Å²) in [4.78, 5) is 36.1. The third kappa shape index (κ3) is 3.88. The molecule has 14 nitrogen and oxygen atoms in total. The van der Waals surface area contributed by atoms with Crippen LogP contribution in [0.1, 0.15) is 43.1 Å². The maximum absolute atomic E-state index is 13.6. The molecule has 1 saturated heterocycles. The first kappa shape index (κ1) is 27.0. The van der Waals surface area contributed by atoms with Gasteiger partial charge in [0.25, 0.3) is 5.91 Å². The summed E-state index contributed by atoms with van der Waals surface area (Å²) in [5.41, 5.74) is 9.98. The molecule has 1 fully saturated rings. The van der Waals surface area contributed by atoms with Gasteiger partial charge in [-0.05, 0) is 24.8 Å². The van der Waals surface area contributed by atoms with Crippen LogP contribution in [-0.2, 0) is 14.9 Å². The van der Waals surface area contributed by atoms with E-state index in [4.69, 9.17) is 20.9 Å². The van der Waals surface area contributed by atoms with Crippen molar-refractivity contribution in [2.24, 2.45) is 21.5 Å². The number of methoxy groups -OCH3 is 1. The normalized spacial score (nSPS) is 32.3. The maximum atomic E-state index is 13.6. The Hall–Kier alpha value is -3.62. The summed E-state index contributed by atoms with van der Waals surface area (Å²) in [5.74, 6) is -0.553. The first-order valence-electron chi connectivity index (χ1n) is 12.8. The second-order valence-electron chi connectivity index (χ2n) is 11.2. The summed E-state index contributed by atoms with van der Waals surface area (Å²) in [5, 5.41) is 29.6. The summed E-state index contributed by atoms with van der Waals surface area (Å²) < 4.78 is 10.8. The predicted octanol–water partition coefficient (Wildman–Crippen LogP) is -1.54. The van der Waals surface area contributed by atoms with E-state index in [0.29, 0.717) is 23.0 Å². The van der Waals surface area contributed by atoms with E-state index in [-0.39, 0.29) is 42.9 Å². The predicted molar refractivity (Wildman–Crippen MR) is 140 cm³/mol. The number of fused-ring (bicyclic) bond motifs is 1. The molecule has 1 aromatic carbocycles. The number of amides is 2. The van der Waals surface area contributed by atoms with E-state index in [1.54, 1.807) is 6.07 Å². The van der Waals surface area contributed by atoms with E-state index in [9.17, 15) is 19.9 Å². The van der Waals surface area contributed by atoms with Crippen LogP contribution in [0.5, 0.6) is 5.75 Å². The SMILES string of the molecule is COCC(=O)NCC1N=C(N)N2CC(NC(=O)c3cccc4c3OCCC4(C)C)[C@](C)(O)C23C1N=C(N)N3O. The molecule has 8 N–H and O–H groups in total. The Morgan fingerprint density at radius 2 is 1.97 bits per heavy atom. The van der Waals surface area contributed by atoms with E-state index in [2.05, 4.69) is 34.5 Å². The lowest BCUT2D eigenvalue weighted by molar-refractivity contribution is -0.218. The summed E-state index contributed by atoms with van der Waals surface area (Å²) in [6, 6.07) is 2.82. The van der Waals surface area contributed by atoms with Gasteiger partial charge in [0.2, 0.25) is 11.9 Å². The van der Waals surface area contributed by atoms with Gasteiger partial charge >= 0.3 is 0 Å². The second kappa shape index (κ2) is 9.24. The van der Waals surface area contributed by atoms with Crippen molar-refractivity contribution in [1.82, 2.24) is 20.6 Å². The fourth-order valence-electron chi connectivity index (χ4n) is 6.26. The van der Waals surface area contributed by atoms with Crippen LogP contribution in [0.15, 0.2) is 28.2 Å². The molecule has 4 unspecified atom stereocenters. The molecule has 4 aliphatic heterocycles. The van der Waals surface area contributed by atoms with E-state index >= 15 is 0 Å². The number of hydrogen-bond donors (Lipinski definition) is 6. The van der Waals surface area contributed by atoms with Gasteiger partial charge in [0.1, 0.15) is 24.0 Å². The van der Waals surface area contributed by atoms with Crippen molar-refractivity contribution in [2.75, 3.05) is 33.4 Å². The van der Waals surface area contributed by atoms with Gasteiger partial charge in [-0.3, -0.25) is 14.8 Å². The molecule has 212 valence electrons. The number of nitrogens with zero attached hydrogens (tertiary/aromatic N) is 4. The topological polar surface area (TPSA) is 200 Å². The van der Waals surface area contributed by atoms with Gasteiger partial charge in [-0.25, -0.2) is 9.98 Å². The molecule has 0 radical (unpaired) electrons. The Balaban J connectivity index is 1.46. The molecule has 1 aromatic rings. The molecule has 4 aliphatic rings. The average molecular weight is 545 g/mol. The van der Waals surface area contributed by atoms with Crippen LogP contribution in [0, 0.1) is 0 Å². The number of rotatable bonds is 6. The number of aliphatic imine (C=N–C) groups is 2. The Kier molecular flexibility index (Phi) is 6.39. The minimum absolute atomic E-state index is 0.000359. The van der Waals surface area contributed by atoms with E-state index in [1.165, 1.54) is 18.9 Å². The number of benzene rings is 1. The van der Waals surface area contributed by atoms with Crippen molar-refractivity contribution in [1.29, 1.82) is 0 Å². The lowest BCUT2D eigenvalue weighted by Gasteiger charge is -2.52. The number of guanidine groups is 2. The molecule has 39 heavy (non-hydrogen) atoms. The molecule has 4 heterocycles. The summed E-state index contributed by atoms with van der Waals surface area (Å²) in [7, 11) is 1.40. The first-order valence-corrected chi connectivity index (χ1v) is 12.8. The summed E-state index contributed by atoms with van der Waals surface area (Å²) in [6.45, 7) is 6.04. The third-order valence-electron chi connectivity index (χ3n) is 8.41. The van der Waals surface area contributed by atoms with Crippen LogP contribution in [0.4, 0.5) is 0 Å². The second-order valence-corrected chi connectivity index (χ2v) is 11.2. The Morgan fingerprint density at radius 1 is 1.23 bits per heavy atom. The molecular weight excluding hydrogens is 508 g/mol. The zero-order chi connectivity index (χ0) is 28.3. The van der Waals surface area contributed by atoms with Gasteiger partial charge in [-0.1, -0.05) is 26.0 Å². The Bertz CT molecular complexity index is 1250. The number of nitrogens with one attached hydrogen (secondary N) is 2. The molecule has 0 aromatic heterocycles. The van der Waals surface area contributed by atoms with Gasteiger partial charge < -0.3 is 41.6 Å². The largest absolute Gasteiger partial charge is 0.492 e. The molecular formula is C25H36N8O6. The molecule has 0 saturated carbocycles. The fourth-order valence-corrected chi connectivity index (χ4v) is 6.26. The average Bonchev–Trinajstić information content (AvgIpc) is 3.28. The number of hydroxylamine groups is 2. The van der Waals surface area contributed by atoms with Crippen molar-refractivity contribution in [2.45, 2.75) is 62.0 Å². The molecule has 2 amide bonds. The molecule has 14 heteroatoms. The Labute approximate surface area is 226 Å². The minimum atomic E-state index is -1.84. The van der Waals surface area contributed by atoms with Crippen molar-refractivity contribution in [3.8, 4) is 5.75 Å². The van der Waals surface area contributed by atoms with Crippen LogP contribution < -0.4 is 26.8 Å². The van der Waals surface area contributed by atoms with Gasteiger partial charge in [-0.2, -0.15) is 5.06 Å². The van der Waals surface area contributed by atoms with E-state index in [0.717, 1.165) is 12.0 Å². The van der Waals surface area contributed by atoms with Crippen LogP contribution in [-0.4, -0.2) is 107 Å². The molecule has 0 aliphatic carbocycles. The van der Waals surface area contributed by atoms with Gasteiger partial charge in [0.05, 0.1) is 24.3 Å². The zero-order valence-electron chi connectivity index (χ0n) is 22.5. The van der Waals surface area contributed by atoms with Crippen LogP contribution in [0.25, 0.3) is 0 Å². The van der Waals surface area contributed by atoms with Gasteiger partial charge in [0, 0.05) is 25.8 Å². The van der Waals surface area contributed by atoms with Crippen LogP contribution in [0.2, 0.25) is 0 Å². The molecule has 5 rings (SSSR count). The first-order chi connectivity index (χ1) is 18.4. The fraction of sp³-hybridized carbons (Fsp3) is 0.600. The number of carbonyl (C=O) groups is 2. The maximum Gasteiger partial charge on any atom is 0.255 e. The minimum Gasteiger partial charge on any atom is -0.492 e. The van der Waals surface area contributed by atoms with Crippen LogP contribution in [0.3, 0.4) is 0 Å². The van der Waals surface area contributed by atoms with E-state index < -0.39 is 35.3 Å². The van der Waals surface area contributed by atoms with Crippen molar-refractivity contribution >= 4 is 23.7 Å². The smallest absolute Gasteiger partial charge is 0.255 e.